The summed E-state index contributed by atoms with van der Waals surface area (Å²) in [6.45, 7) is 0.451. The lowest BCUT2D eigenvalue weighted by Crippen LogP contribution is -1.99. The number of carbonyl (C=O) groups is 1. The van der Waals surface area contributed by atoms with Crippen LogP contribution in [0.15, 0.2) is 70.6 Å². The van der Waals surface area contributed by atoms with E-state index in [1.165, 1.54) is 11.3 Å². The maximum Gasteiger partial charge on any atom is 0.221 e. The van der Waals surface area contributed by atoms with Crippen LogP contribution in [0.2, 0.25) is 0 Å². The molecule has 29 heavy (non-hydrogen) atoms. The van der Waals surface area contributed by atoms with Gasteiger partial charge in [0.05, 0.1) is 18.5 Å². The number of hydrogen-bond acceptors (Lipinski definition) is 4. The summed E-state index contributed by atoms with van der Waals surface area (Å²) < 4.78 is 14.4. The second kappa shape index (κ2) is 7.21. The lowest BCUT2D eigenvalue weighted by atomic mass is 10.1. The Hall–Kier alpha value is -2.83. The highest BCUT2D eigenvalue weighted by molar-refractivity contribution is 9.10. The Balaban J connectivity index is 1.59. The molecule has 0 bridgehead atoms. The van der Waals surface area contributed by atoms with Gasteiger partial charge in [0.15, 0.2) is 0 Å². The fraction of sp³-hybridized carbons (Fsp3) is 0.0870. The molecule has 3 heterocycles. The van der Waals surface area contributed by atoms with Crippen molar-refractivity contribution in [1.29, 1.82) is 0 Å². The molecule has 0 saturated carbocycles. The van der Waals surface area contributed by atoms with Crippen molar-refractivity contribution in [2.24, 2.45) is 0 Å². The monoisotopic (exact) mass is 465 g/mol. The number of methoxy groups -OCH3 is 1. The van der Waals surface area contributed by atoms with E-state index in [2.05, 4.69) is 15.9 Å². The van der Waals surface area contributed by atoms with E-state index < -0.39 is 0 Å². The zero-order chi connectivity index (χ0) is 20.0. The smallest absolute Gasteiger partial charge is 0.221 e. The first-order valence-corrected chi connectivity index (χ1v) is 10.7. The van der Waals surface area contributed by atoms with E-state index in [1.54, 1.807) is 7.11 Å². The molecular weight excluding hydrogens is 450 g/mol. The van der Waals surface area contributed by atoms with Gasteiger partial charge in [0, 0.05) is 33.2 Å². The predicted molar refractivity (Wildman–Crippen MR) is 118 cm³/mol. The molecule has 4 nitrogen and oxygen atoms in total. The van der Waals surface area contributed by atoms with Crippen LogP contribution in [0.4, 0.5) is 0 Å². The first-order chi connectivity index (χ1) is 14.2. The van der Waals surface area contributed by atoms with Crippen molar-refractivity contribution in [1.82, 2.24) is 4.57 Å². The summed E-state index contributed by atoms with van der Waals surface area (Å²) in [6, 6.07) is 17.7. The number of halogens is 1. The van der Waals surface area contributed by atoms with Gasteiger partial charge in [-0.3, -0.25) is 4.79 Å². The van der Waals surface area contributed by atoms with Gasteiger partial charge >= 0.3 is 0 Å². The predicted octanol–water partition coefficient (Wildman–Crippen LogP) is 6.10. The molecule has 0 aliphatic carbocycles. The number of rotatable bonds is 5. The van der Waals surface area contributed by atoms with E-state index in [4.69, 9.17) is 9.47 Å². The molecule has 5 rings (SSSR count). The Kier molecular flexibility index (Phi) is 4.53. The van der Waals surface area contributed by atoms with Crippen LogP contribution >= 0.6 is 27.3 Å². The van der Waals surface area contributed by atoms with E-state index in [9.17, 15) is 4.79 Å². The number of benzene rings is 2. The highest BCUT2D eigenvalue weighted by atomic mass is 79.9. The molecule has 1 aliphatic rings. The Bertz CT molecular complexity index is 1230. The number of thiophene rings is 1. The minimum atomic E-state index is 0.0576. The summed E-state index contributed by atoms with van der Waals surface area (Å²) in [4.78, 5) is 13.5. The number of ketones is 1. The zero-order valence-corrected chi connectivity index (χ0v) is 17.9. The second-order valence-electron chi connectivity index (χ2n) is 6.71. The molecule has 2 aromatic carbocycles. The van der Waals surface area contributed by atoms with Crippen molar-refractivity contribution < 1.29 is 14.3 Å². The molecule has 4 aromatic rings. The summed E-state index contributed by atoms with van der Waals surface area (Å²) in [5, 5.41) is 2.02. The molecule has 0 saturated heterocycles. The van der Waals surface area contributed by atoms with E-state index in [-0.39, 0.29) is 5.78 Å². The maximum absolute atomic E-state index is 12.8. The molecule has 0 N–H and O–H groups in total. The third-order valence-corrected chi connectivity index (χ3v) is 6.35. The van der Waals surface area contributed by atoms with E-state index >= 15 is 0 Å². The topological polar surface area (TPSA) is 40.5 Å². The van der Waals surface area contributed by atoms with Gasteiger partial charge in [-0.25, -0.2) is 0 Å². The molecular formula is C23H16BrNO3S. The molecule has 0 radical (unpaired) electrons. The molecule has 6 heteroatoms. The highest BCUT2D eigenvalue weighted by Gasteiger charge is 2.32. The van der Waals surface area contributed by atoms with E-state index in [0.29, 0.717) is 12.3 Å². The number of carbonyl (C=O) groups excluding carboxylic acids is 1. The van der Waals surface area contributed by atoms with Gasteiger partial charge in [-0.15, -0.1) is 11.3 Å². The maximum atomic E-state index is 12.8. The summed E-state index contributed by atoms with van der Waals surface area (Å²) >= 11 is 4.95. The molecule has 2 aromatic heterocycles. The Labute approximate surface area is 180 Å². The van der Waals surface area contributed by atoms with Gasteiger partial charge in [-0.05, 0) is 39.7 Å². The Morgan fingerprint density at radius 2 is 1.90 bits per heavy atom. The molecule has 0 fully saturated rings. The lowest BCUT2D eigenvalue weighted by Gasteiger charge is -2.14. The SMILES string of the molecule is COc1ccc(-c2csc3c2-n2cc(Br)cc2C3=O)c(OCc2ccccc2)c1. The van der Waals surface area contributed by atoms with Gasteiger partial charge in [0.2, 0.25) is 5.78 Å². The van der Waals surface area contributed by atoms with Gasteiger partial charge in [0.25, 0.3) is 0 Å². The third kappa shape index (κ3) is 3.09. The average molecular weight is 466 g/mol. The molecule has 0 atom stereocenters. The van der Waals surface area contributed by atoms with Gasteiger partial charge in [0.1, 0.15) is 23.0 Å². The number of hydrogen-bond donors (Lipinski definition) is 0. The summed E-state index contributed by atoms with van der Waals surface area (Å²) in [6.07, 6.45) is 1.93. The van der Waals surface area contributed by atoms with E-state index in [0.717, 1.165) is 43.2 Å². The van der Waals surface area contributed by atoms with Crippen molar-refractivity contribution >= 4 is 33.0 Å². The Morgan fingerprint density at radius 3 is 2.69 bits per heavy atom. The van der Waals surface area contributed by atoms with Crippen LogP contribution in [0.5, 0.6) is 11.5 Å². The zero-order valence-electron chi connectivity index (χ0n) is 15.5. The Morgan fingerprint density at radius 1 is 1.07 bits per heavy atom. The fourth-order valence-electron chi connectivity index (χ4n) is 3.56. The van der Waals surface area contributed by atoms with Crippen LogP contribution in [-0.4, -0.2) is 17.5 Å². The first kappa shape index (κ1) is 18.2. The number of aromatic nitrogens is 1. The van der Waals surface area contributed by atoms with Crippen molar-refractivity contribution in [2.45, 2.75) is 6.61 Å². The van der Waals surface area contributed by atoms with Crippen LogP contribution < -0.4 is 9.47 Å². The molecule has 0 amide bonds. The minimum absolute atomic E-state index is 0.0576. The standard InChI is InChI=1S/C23H16BrNO3S/c1-27-16-7-8-17(20(10-16)28-12-14-5-3-2-4-6-14)18-13-29-23-21(18)25-11-15(24)9-19(25)22(23)26/h2-11,13H,12H2,1H3. The summed E-state index contributed by atoms with van der Waals surface area (Å²) in [7, 11) is 1.64. The van der Waals surface area contributed by atoms with Crippen molar-refractivity contribution in [3.63, 3.8) is 0 Å². The van der Waals surface area contributed by atoms with Crippen molar-refractivity contribution in [2.75, 3.05) is 7.11 Å². The molecule has 0 unspecified atom stereocenters. The first-order valence-electron chi connectivity index (χ1n) is 9.05. The van der Waals surface area contributed by atoms with Crippen LogP contribution in [0.1, 0.15) is 20.9 Å². The van der Waals surface area contributed by atoms with Crippen molar-refractivity contribution in [3.05, 3.63) is 86.8 Å². The minimum Gasteiger partial charge on any atom is -0.497 e. The third-order valence-electron chi connectivity index (χ3n) is 4.95. The molecule has 144 valence electrons. The van der Waals surface area contributed by atoms with Gasteiger partial charge < -0.3 is 14.0 Å². The lowest BCUT2D eigenvalue weighted by molar-refractivity contribution is 0.104. The highest BCUT2D eigenvalue weighted by Crippen LogP contribution is 2.45. The largest absolute Gasteiger partial charge is 0.497 e. The van der Waals surface area contributed by atoms with Gasteiger partial charge in [-0.2, -0.15) is 0 Å². The van der Waals surface area contributed by atoms with Crippen molar-refractivity contribution in [3.8, 4) is 28.3 Å². The van der Waals surface area contributed by atoms with Crippen LogP contribution in [0, 0.1) is 0 Å². The van der Waals surface area contributed by atoms with E-state index in [1.807, 2.05) is 70.7 Å². The van der Waals surface area contributed by atoms with Crippen LogP contribution in [-0.2, 0) is 6.61 Å². The number of ether oxygens (including phenoxy) is 2. The van der Waals surface area contributed by atoms with Gasteiger partial charge in [-0.1, -0.05) is 30.3 Å². The average Bonchev–Trinajstić information content (AvgIpc) is 3.41. The molecule has 1 aliphatic heterocycles. The number of fused-ring (bicyclic) bond motifs is 3. The second-order valence-corrected chi connectivity index (χ2v) is 8.50. The summed E-state index contributed by atoms with van der Waals surface area (Å²) in [5.74, 6) is 1.51. The fourth-order valence-corrected chi connectivity index (χ4v) is 4.98. The number of nitrogens with zero attached hydrogens (tertiary/aromatic N) is 1. The van der Waals surface area contributed by atoms with Crippen LogP contribution in [0.25, 0.3) is 16.8 Å². The summed E-state index contributed by atoms with van der Waals surface area (Å²) in [5.41, 5.74) is 4.59. The van der Waals surface area contributed by atoms with Crippen LogP contribution in [0.3, 0.4) is 0 Å². The molecule has 0 spiro atoms. The quantitative estimate of drug-likeness (QED) is 0.314. The normalized spacial score (nSPS) is 12.0.